The Morgan fingerprint density at radius 2 is 1.93 bits per heavy atom. The fourth-order valence-electron chi connectivity index (χ4n) is 6.78. The first kappa shape index (κ1) is 30.3. The van der Waals surface area contributed by atoms with Crippen LogP contribution < -0.4 is 5.32 Å². The summed E-state index contributed by atoms with van der Waals surface area (Å²) >= 11 is 15.0. The highest BCUT2D eigenvalue weighted by Crippen LogP contribution is 2.44. The van der Waals surface area contributed by atoms with Crippen molar-refractivity contribution in [3.05, 3.63) is 86.4 Å². The number of nitrogens with one attached hydrogen (secondary N) is 1. The highest BCUT2D eigenvalue weighted by Gasteiger charge is 2.43. The zero-order chi connectivity index (χ0) is 31.2. The molecule has 5 heterocycles. The second-order valence-corrected chi connectivity index (χ2v) is 13.4. The Morgan fingerprint density at radius 3 is 2.64 bits per heavy atom. The summed E-state index contributed by atoms with van der Waals surface area (Å²) in [5.74, 6) is -0.562. The topological polar surface area (TPSA) is 83.4 Å². The third-order valence-electron chi connectivity index (χ3n) is 9.07. The SMILES string of the molecule is O=C(Nc1nccs1)C(c1ncn2c1C[C@@H](F)C2)N1Cc2c(Cl)cc(-c3ccc(C4CCN(CCF)CC4)cc3)c(Cl)c2C1=O. The van der Waals surface area contributed by atoms with Crippen molar-refractivity contribution in [2.75, 3.05) is 31.6 Å². The van der Waals surface area contributed by atoms with E-state index in [0.717, 1.165) is 31.5 Å². The number of amides is 2. The van der Waals surface area contributed by atoms with Gasteiger partial charge in [0.2, 0.25) is 0 Å². The average Bonchev–Trinajstić information content (AvgIpc) is 3.83. The number of alkyl halides is 2. The van der Waals surface area contributed by atoms with Crippen LogP contribution in [0.25, 0.3) is 11.1 Å². The molecule has 4 aromatic rings. The molecule has 2 aromatic carbocycles. The largest absolute Gasteiger partial charge is 0.331 e. The van der Waals surface area contributed by atoms with Gasteiger partial charge in [-0.25, -0.2) is 18.7 Å². The summed E-state index contributed by atoms with van der Waals surface area (Å²) in [6.07, 6.45) is 4.03. The minimum atomic E-state index is -1.15. The number of imidazole rings is 1. The van der Waals surface area contributed by atoms with Gasteiger partial charge in [-0.1, -0.05) is 47.5 Å². The Balaban J connectivity index is 1.18. The molecule has 2 atom stereocenters. The standard InChI is InChI=1S/C32H30Cl2F2N6O2S/c33-24-14-22(20-3-1-18(2-4-20)19-5-9-40(10-6-19)11-7-35)27(34)26-23(24)16-42(31(26)44)29(30(43)39-32-37-8-12-45-32)28-25-13-21(36)15-41(25)17-38-28/h1-4,8,12,14,17,19,21,29H,5-7,9-11,13,15-16H2,(H,37,39,43)/t21-,29?/m1/s1. The van der Waals surface area contributed by atoms with Gasteiger partial charge in [0.25, 0.3) is 11.8 Å². The predicted octanol–water partition coefficient (Wildman–Crippen LogP) is 6.69. The first-order valence-electron chi connectivity index (χ1n) is 14.9. The third-order valence-corrected chi connectivity index (χ3v) is 10.5. The van der Waals surface area contributed by atoms with E-state index in [1.807, 2.05) is 12.1 Å². The van der Waals surface area contributed by atoms with E-state index < -0.39 is 24.0 Å². The number of hydrogen-bond donors (Lipinski definition) is 1. The van der Waals surface area contributed by atoms with Crippen LogP contribution in [0.2, 0.25) is 10.0 Å². The highest BCUT2D eigenvalue weighted by molar-refractivity contribution is 7.13. The number of halogens is 4. The molecule has 13 heteroatoms. The number of carbonyl (C=O) groups excluding carboxylic acids is 2. The molecule has 0 radical (unpaired) electrons. The molecule has 8 nitrogen and oxygen atoms in total. The van der Waals surface area contributed by atoms with Crippen LogP contribution in [-0.2, 0) is 24.3 Å². The molecule has 7 rings (SSSR count). The van der Waals surface area contributed by atoms with Gasteiger partial charge in [-0.05, 0) is 49.0 Å². The van der Waals surface area contributed by atoms with E-state index in [4.69, 9.17) is 23.2 Å². The van der Waals surface area contributed by atoms with Crippen LogP contribution in [0.3, 0.4) is 0 Å². The second kappa shape index (κ2) is 12.4. The maximum atomic E-state index is 14.4. The lowest BCUT2D eigenvalue weighted by Crippen LogP contribution is -2.38. The van der Waals surface area contributed by atoms with E-state index in [9.17, 15) is 18.4 Å². The molecule has 2 aromatic heterocycles. The number of rotatable bonds is 8. The monoisotopic (exact) mass is 670 g/mol. The quantitative estimate of drug-likeness (QED) is 0.226. The molecule has 1 fully saturated rings. The summed E-state index contributed by atoms with van der Waals surface area (Å²) in [5.41, 5.74) is 4.32. The molecule has 2 amide bonds. The van der Waals surface area contributed by atoms with Crippen molar-refractivity contribution in [2.45, 2.75) is 50.5 Å². The molecule has 45 heavy (non-hydrogen) atoms. The molecule has 0 saturated carbocycles. The van der Waals surface area contributed by atoms with Gasteiger partial charge in [-0.2, -0.15) is 0 Å². The van der Waals surface area contributed by atoms with Crippen molar-refractivity contribution >= 4 is 51.5 Å². The summed E-state index contributed by atoms with van der Waals surface area (Å²) in [5, 5.41) is 5.52. The molecule has 0 spiro atoms. The summed E-state index contributed by atoms with van der Waals surface area (Å²) in [6, 6.07) is 8.73. The second-order valence-electron chi connectivity index (χ2n) is 11.7. The first-order chi connectivity index (χ1) is 21.8. The number of aromatic nitrogens is 3. The van der Waals surface area contributed by atoms with E-state index in [0.29, 0.717) is 45.1 Å². The minimum Gasteiger partial charge on any atom is -0.331 e. The van der Waals surface area contributed by atoms with Crippen LogP contribution in [0.5, 0.6) is 0 Å². The lowest BCUT2D eigenvalue weighted by atomic mass is 9.88. The highest BCUT2D eigenvalue weighted by atomic mass is 35.5. The first-order valence-corrected chi connectivity index (χ1v) is 16.5. The number of likely N-dealkylation sites (tertiary alicyclic amines) is 1. The molecule has 0 bridgehead atoms. The number of thiazole rings is 1. The smallest absolute Gasteiger partial charge is 0.257 e. The maximum Gasteiger partial charge on any atom is 0.257 e. The Kier molecular flexibility index (Phi) is 8.37. The summed E-state index contributed by atoms with van der Waals surface area (Å²) in [6.45, 7) is 2.10. The van der Waals surface area contributed by atoms with Gasteiger partial charge in [0.15, 0.2) is 11.2 Å². The van der Waals surface area contributed by atoms with Crippen LogP contribution in [0.4, 0.5) is 13.9 Å². The molecule has 234 valence electrons. The Hall–Kier alpha value is -3.38. The van der Waals surface area contributed by atoms with E-state index >= 15 is 0 Å². The van der Waals surface area contributed by atoms with E-state index in [1.165, 1.54) is 28.1 Å². The van der Waals surface area contributed by atoms with Crippen LogP contribution in [-0.4, -0.2) is 68.6 Å². The number of anilines is 1. The van der Waals surface area contributed by atoms with Gasteiger partial charge in [-0.15, -0.1) is 11.3 Å². The number of piperidine rings is 1. The lowest BCUT2D eigenvalue weighted by molar-refractivity contribution is -0.121. The maximum absolute atomic E-state index is 14.4. The van der Waals surface area contributed by atoms with E-state index in [2.05, 4.69) is 32.3 Å². The fourth-order valence-corrected chi connectivity index (χ4v) is 7.93. The van der Waals surface area contributed by atoms with E-state index in [-0.39, 0.29) is 36.8 Å². The summed E-state index contributed by atoms with van der Waals surface area (Å²) in [4.78, 5) is 40.1. The third kappa shape index (κ3) is 5.64. The van der Waals surface area contributed by atoms with Gasteiger partial charge in [-0.3, -0.25) is 14.9 Å². The van der Waals surface area contributed by atoms with Gasteiger partial charge in [0.1, 0.15) is 12.8 Å². The van der Waals surface area contributed by atoms with Crippen LogP contribution in [0, 0.1) is 0 Å². The van der Waals surface area contributed by atoms with Gasteiger partial charge in [0, 0.05) is 52.9 Å². The molecule has 0 aliphatic carbocycles. The number of nitrogens with zero attached hydrogens (tertiary/aromatic N) is 5. The fraction of sp³-hybridized carbons (Fsp3) is 0.375. The summed E-state index contributed by atoms with van der Waals surface area (Å²) in [7, 11) is 0. The average molecular weight is 672 g/mol. The van der Waals surface area contributed by atoms with Crippen molar-refractivity contribution in [3.63, 3.8) is 0 Å². The number of carbonyl (C=O) groups is 2. The molecular weight excluding hydrogens is 641 g/mol. The Morgan fingerprint density at radius 1 is 1.16 bits per heavy atom. The van der Waals surface area contributed by atoms with Gasteiger partial charge >= 0.3 is 0 Å². The Bertz CT molecular complexity index is 1740. The molecule has 1 saturated heterocycles. The molecular formula is C32H30Cl2F2N6O2S. The predicted molar refractivity (Wildman–Crippen MR) is 170 cm³/mol. The zero-order valence-corrected chi connectivity index (χ0v) is 26.5. The Labute approximate surface area is 273 Å². The van der Waals surface area contributed by atoms with Crippen LogP contribution in [0.15, 0.2) is 48.2 Å². The lowest BCUT2D eigenvalue weighted by Gasteiger charge is -2.31. The van der Waals surface area contributed by atoms with Crippen molar-refractivity contribution < 1.29 is 18.4 Å². The molecule has 1 N–H and O–H groups in total. The van der Waals surface area contributed by atoms with Crippen molar-refractivity contribution in [3.8, 4) is 11.1 Å². The zero-order valence-electron chi connectivity index (χ0n) is 24.2. The number of benzene rings is 2. The van der Waals surface area contributed by atoms with Gasteiger partial charge < -0.3 is 14.4 Å². The number of fused-ring (bicyclic) bond motifs is 2. The van der Waals surface area contributed by atoms with Crippen molar-refractivity contribution in [2.24, 2.45) is 0 Å². The molecule has 3 aliphatic heterocycles. The van der Waals surface area contributed by atoms with Gasteiger partial charge in [0.05, 0.1) is 29.2 Å². The summed E-state index contributed by atoms with van der Waals surface area (Å²) < 4.78 is 28.8. The van der Waals surface area contributed by atoms with Crippen molar-refractivity contribution in [1.29, 1.82) is 0 Å². The minimum absolute atomic E-state index is 0.0361. The normalized spacial score (nSPS) is 19.2. The molecule has 3 aliphatic rings. The van der Waals surface area contributed by atoms with E-state index in [1.54, 1.807) is 22.2 Å². The van der Waals surface area contributed by atoms with Crippen molar-refractivity contribution in [1.82, 2.24) is 24.3 Å². The van der Waals surface area contributed by atoms with Crippen LogP contribution >= 0.6 is 34.5 Å². The molecule has 1 unspecified atom stereocenters. The van der Waals surface area contributed by atoms with Crippen LogP contribution in [0.1, 0.15) is 57.7 Å². The number of hydrogen-bond acceptors (Lipinski definition) is 6.